The summed E-state index contributed by atoms with van der Waals surface area (Å²) in [6, 6.07) is 8.55. The molecule has 0 unspecified atom stereocenters. The topological polar surface area (TPSA) is 40.5 Å². The Kier molecular flexibility index (Phi) is 5.96. The van der Waals surface area contributed by atoms with Crippen LogP contribution >= 0.6 is 0 Å². The minimum Gasteiger partial charge on any atom is -0.481 e. The van der Waals surface area contributed by atoms with E-state index in [0.29, 0.717) is 13.1 Å². The fourth-order valence-corrected chi connectivity index (χ4v) is 2.04. The summed E-state index contributed by atoms with van der Waals surface area (Å²) in [4.78, 5) is 12.8. The number of carboxylic acids is 1. The molecule has 20 heavy (non-hydrogen) atoms. The zero-order valence-corrected chi connectivity index (χ0v) is 12.7. The predicted octanol–water partition coefficient (Wildman–Crippen LogP) is 3.45. The number of hydrogen-bond donors (Lipinski definition) is 1. The molecule has 0 radical (unpaired) electrons. The van der Waals surface area contributed by atoms with Crippen molar-refractivity contribution in [1.29, 1.82) is 0 Å². The highest BCUT2D eigenvalue weighted by Crippen LogP contribution is 2.22. The fourth-order valence-electron chi connectivity index (χ4n) is 2.04. The molecule has 0 heterocycles. The Morgan fingerprint density at radius 2 is 1.90 bits per heavy atom. The minimum atomic E-state index is -0.762. The lowest BCUT2D eigenvalue weighted by molar-refractivity contribution is -0.137. The normalized spacial score (nSPS) is 11.6. The summed E-state index contributed by atoms with van der Waals surface area (Å²) in [5.74, 6) is -0.762. The molecule has 1 rings (SSSR count). The molecule has 0 aliphatic carbocycles. The Morgan fingerprint density at radius 1 is 1.30 bits per heavy atom. The van der Waals surface area contributed by atoms with Crippen molar-refractivity contribution in [2.75, 3.05) is 13.1 Å². The largest absolute Gasteiger partial charge is 0.481 e. The van der Waals surface area contributed by atoms with Gasteiger partial charge in [-0.2, -0.15) is 0 Å². The lowest BCUT2D eigenvalue weighted by Gasteiger charge is -2.22. The first-order valence-electron chi connectivity index (χ1n) is 6.97. The number of hydrogen-bond acceptors (Lipinski definition) is 2. The van der Waals surface area contributed by atoms with Crippen molar-refractivity contribution < 1.29 is 9.90 Å². The molecule has 0 atom stereocenters. The molecule has 0 saturated carbocycles. The number of carbonyl (C=O) groups is 1. The Balaban J connectivity index is 2.68. The number of rotatable bonds is 7. The minimum absolute atomic E-state index is 0.155. The first-order valence-corrected chi connectivity index (χ1v) is 6.97. The average Bonchev–Trinajstić information content (AvgIpc) is 2.36. The van der Waals surface area contributed by atoms with Gasteiger partial charge in [-0.15, -0.1) is 6.58 Å². The van der Waals surface area contributed by atoms with Crippen LogP contribution in [0, 0.1) is 0 Å². The van der Waals surface area contributed by atoms with Crippen molar-refractivity contribution in [3.8, 4) is 0 Å². The lowest BCUT2D eigenvalue weighted by atomic mass is 9.87. The quantitative estimate of drug-likeness (QED) is 0.775. The van der Waals surface area contributed by atoms with Gasteiger partial charge in [0.25, 0.3) is 0 Å². The number of nitrogens with zero attached hydrogens (tertiary/aromatic N) is 1. The van der Waals surface area contributed by atoms with Gasteiger partial charge in [0.1, 0.15) is 0 Å². The van der Waals surface area contributed by atoms with Crippen molar-refractivity contribution in [1.82, 2.24) is 4.90 Å². The van der Waals surface area contributed by atoms with E-state index in [1.807, 2.05) is 6.08 Å². The van der Waals surface area contributed by atoms with Gasteiger partial charge in [0.15, 0.2) is 0 Å². The molecular formula is C17H25NO2. The van der Waals surface area contributed by atoms with E-state index in [1.54, 1.807) is 0 Å². The molecule has 0 amide bonds. The molecule has 0 fully saturated rings. The Morgan fingerprint density at radius 3 is 2.35 bits per heavy atom. The molecule has 3 heteroatoms. The van der Waals surface area contributed by atoms with Gasteiger partial charge in [0.2, 0.25) is 0 Å². The second-order valence-electron chi connectivity index (χ2n) is 6.11. The fraction of sp³-hybridized carbons (Fsp3) is 0.471. The molecule has 1 aromatic carbocycles. The molecule has 3 nitrogen and oxygen atoms in total. The van der Waals surface area contributed by atoms with E-state index >= 15 is 0 Å². The van der Waals surface area contributed by atoms with Crippen molar-refractivity contribution in [2.45, 2.75) is 39.2 Å². The summed E-state index contributed by atoms with van der Waals surface area (Å²) in [6.45, 7) is 12.3. The molecule has 0 aliphatic heterocycles. The van der Waals surface area contributed by atoms with Gasteiger partial charge in [-0.25, -0.2) is 0 Å². The maximum Gasteiger partial charge on any atom is 0.304 e. The predicted molar refractivity (Wildman–Crippen MR) is 82.9 cm³/mol. The standard InChI is InChI=1S/C17H25NO2/c1-5-11-18(12-10-16(19)20)13-14-6-8-15(9-7-14)17(2,3)4/h5-9H,1,10-13H2,2-4H3,(H,19,20). The third kappa shape index (κ3) is 5.57. The summed E-state index contributed by atoms with van der Waals surface area (Å²) >= 11 is 0. The molecule has 0 spiro atoms. The highest BCUT2D eigenvalue weighted by molar-refractivity contribution is 5.66. The third-order valence-corrected chi connectivity index (χ3v) is 3.26. The van der Waals surface area contributed by atoms with Gasteiger partial charge in [0, 0.05) is 19.6 Å². The maximum atomic E-state index is 10.7. The van der Waals surface area contributed by atoms with E-state index in [1.165, 1.54) is 11.1 Å². The van der Waals surface area contributed by atoms with Gasteiger partial charge in [0.05, 0.1) is 6.42 Å². The molecule has 1 aromatic rings. The zero-order chi connectivity index (χ0) is 15.2. The summed E-state index contributed by atoms with van der Waals surface area (Å²) < 4.78 is 0. The Hall–Kier alpha value is -1.61. The van der Waals surface area contributed by atoms with Crippen LogP contribution in [0.15, 0.2) is 36.9 Å². The Labute approximate surface area is 121 Å². The monoisotopic (exact) mass is 275 g/mol. The number of aliphatic carboxylic acids is 1. The van der Waals surface area contributed by atoms with Crippen LogP contribution in [0.5, 0.6) is 0 Å². The maximum absolute atomic E-state index is 10.7. The molecule has 110 valence electrons. The van der Waals surface area contributed by atoms with Crippen LogP contribution in [0.3, 0.4) is 0 Å². The van der Waals surface area contributed by atoms with Crippen LogP contribution in [0.25, 0.3) is 0 Å². The van der Waals surface area contributed by atoms with E-state index in [-0.39, 0.29) is 11.8 Å². The first-order chi connectivity index (χ1) is 9.32. The van der Waals surface area contributed by atoms with Gasteiger partial charge in [-0.1, -0.05) is 51.1 Å². The summed E-state index contributed by atoms with van der Waals surface area (Å²) in [5, 5.41) is 8.77. The van der Waals surface area contributed by atoms with Crippen LogP contribution in [-0.4, -0.2) is 29.1 Å². The molecule has 0 bridgehead atoms. The summed E-state index contributed by atoms with van der Waals surface area (Å²) in [6.07, 6.45) is 1.97. The zero-order valence-electron chi connectivity index (χ0n) is 12.7. The van der Waals surface area contributed by atoms with Crippen LogP contribution in [-0.2, 0) is 16.8 Å². The molecule has 0 saturated heterocycles. The first kappa shape index (κ1) is 16.4. The summed E-state index contributed by atoms with van der Waals surface area (Å²) in [7, 11) is 0. The van der Waals surface area contributed by atoms with E-state index in [0.717, 1.165) is 6.54 Å². The highest BCUT2D eigenvalue weighted by atomic mass is 16.4. The SMILES string of the molecule is C=CCN(CCC(=O)O)Cc1ccc(C(C)(C)C)cc1. The third-order valence-electron chi connectivity index (χ3n) is 3.26. The smallest absolute Gasteiger partial charge is 0.304 e. The second kappa shape index (κ2) is 7.25. The van der Waals surface area contributed by atoms with Crippen molar-refractivity contribution in [3.63, 3.8) is 0 Å². The molecular weight excluding hydrogens is 250 g/mol. The van der Waals surface area contributed by atoms with Crippen LogP contribution in [0.1, 0.15) is 38.3 Å². The van der Waals surface area contributed by atoms with Crippen LogP contribution in [0.2, 0.25) is 0 Å². The van der Waals surface area contributed by atoms with Gasteiger partial charge >= 0.3 is 5.97 Å². The van der Waals surface area contributed by atoms with Crippen LogP contribution in [0.4, 0.5) is 0 Å². The van der Waals surface area contributed by atoms with E-state index in [4.69, 9.17) is 5.11 Å². The van der Waals surface area contributed by atoms with Gasteiger partial charge in [-0.05, 0) is 16.5 Å². The van der Waals surface area contributed by atoms with E-state index < -0.39 is 5.97 Å². The number of carboxylic acid groups (broad SMARTS) is 1. The van der Waals surface area contributed by atoms with Crippen molar-refractivity contribution >= 4 is 5.97 Å². The van der Waals surface area contributed by atoms with Crippen molar-refractivity contribution in [2.24, 2.45) is 0 Å². The van der Waals surface area contributed by atoms with Crippen molar-refractivity contribution in [3.05, 3.63) is 48.0 Å². The molecule has 0 aliphatic rings. The lowest BCUT2D eigenvalue weighted by Crippen LogP contribution is -2.26. The Bertz CT molecular complexity index is 443. The number of benzene rings is 1. The van der Waals surface area contributed by atoms with Gasteiger partial charge in [-0.3, -0.25) is 9.69 Å². The van der Waals surface area contributed by atoms with E-state index in [9.17, 15) is 4.79 Å². The average molecular weight is 275 g/mol. The molecule has 1 N–H and O–H groups in total. The van der Waals surface area contributed by atoms with E-state index in [2.05, 4.69) is 56.5 Å². The summed E-state index contributed by atoms with van der Waals surface area (Å²) in [5.41, 5.74) is 2.66. The highest BCUT2D eigenvalue weighted by Gasteiger charge is 2.13. The second-order valence-corrected chi connectivity index (χ2v) is 6.11. The van der Waals surface area contributed by atoms with Gasteiger partial charge < -0.3 is 5.11 Å². The molecule has 0 aromatic heterocycles. The van der Waals surface area contributed by atoms with Crippen LogP contribution < -0.4 is 0 Å².